The number of ether oxygens (including phenoxy) is 2. The van der Waals surface area contributed by atoms with Crippen LogP contribution in [0.25, 0.3) is 0 Å². The minimum Gasteiger partial charge on any atom is -0.477 e. The summed E-state index contributed by atoms with van der Waals surface area (Å²) < 4.78 is 11.3. The topological polar surface area (TPSA) is 59.0 Å². The Morgan fingerprint density at radius 3 is 3.04 bits per heavy atom. The Morgan fingerprint density at radius 1 is 1.42 bits per heavy atom. The van der Waals surface area contributed by atoms with Crippen LogP contribution < -0.4 is 10.1 Å². The van der Waals surface area contributed by atoms with E-state index in [4.69, 9.17) is 14.5 Å². The number of pyridine rings is 1. The molecule has 3 aliphatic rings. The van der Waals surface area contributed by atoms with Crippen LogP contribution >= 0.6 is 0 Å². The second-order valence-corrected chi connectivity index (χ2v) is 7.90. The van der Waals surface area contributed by atoms with Crippen molar-refractivity contribution in [2.45, 2.75) is 39.2 Å². The molecule has 2 saturated heterocycles. The van der Waals surface area contributed by atoms with Crippen molar-refractivity contribution in [2.24, 2.45) is 16.3 Å². The van der Waals surface area contributed by atoms with Crippen molar-refractivity contribution in [2.75, 3.05) is 39.5 Å². The zero-order valence-corrected chi connectivity index (χ0v) is 15.7. The van der Waals surface area contributed by atoms with Gasteiger partial charge in [0.25, 0.3) is 0 Å². The number of hydrogen-bond donors (Lipinski definition) is 1. The predicted octanol–water partition coefficient (Wildman–Crippen LogP) is 2.45. The molecular formula is C20H30N4O2. The molecule has 1 atom stereocenters. The molecule has 0 radical (unpaired) electrons. The van der Waals surface area contributed by atoms with Crippen LogP contribution in [0.1, 0.15) is 38.2 Å². The van der Waals surface area contributed by atoms with Crippen LogP contribution in [0.2, 0.25) is 0 Å². The van der Waals surface area contributed by atoms with Crippen molar-refractivity contribution >= 4 is 5.96 Å². The van der Waals surface area contributed by atoms with Crippen molar-refractivity contribution in [1.82, 2.24) is 15.2 Å². The highest BCUT2D eigenvalue weighted by atomic mass is 16.5. The summed E-state index contributed by atoms with van der Waals surface area (Å²) in [6.45, 7) is 8.34. The molecular weight excluding hydrogens is 328 g/mol. The second kappa shape index (κ2) is 7.82. The van der Waals surface area contributed by atoms with Crippen molar-refractivity contribution in [3.63, 3.8) is 0 Å². The van der Waals surface area contributed by atoms with Gasteiger partial charge in [-0.15, -0.1) is 0 Å². The van der Waals surface area contributed by atoms with Crippen molar-refractivity contribution in [3.8, 4) is 5.88 Å². The van der Waals surface area contributed by atoms with Gasteiger partial charge < -0.3 is 19.7 Å². The number of aromatic nitrogens is 1. The molecule has 3 heterocycles. The first-order chi connectivity index (χ1) is 12.8. The molecule has 1 saturated carbocycles. The van der Waals surface area contributed by atoms with Gasteiger partial charge in [-0.1, -0.05) is 6.07 Å². The molecule has 2 aliphatic heterocycles. The highest BCUT2D eigenvalue weighted by Crippen LogP contribution is 2.38. The average Bonchev–Trinajstić information content (AvgIpc) is 3.24. The Bertz CT molecular complexity index is 621. The molecule has 142 valence electrons. The Balaban J connectivity index is 1.34. The van der Waals surface area contributed by atoms with Gasteiger partial charge in [-0.3, -0.25) is 0 Å². The summed E-state index contributed by atoms with van der Waals surface area (Å²) in [5.74, 6) is 2.47. The number of guanidine groups is 1. The summed E-state index contributed by atoms with van der Waals surface area (Å²) in [5, 5.41) is 3.44. The summed E-state index contributed by atoms with van der Waals surface area (Å²) in [6, 6.07) is 4.03. The maximum Gasteiger partial charge on any atom is 0.213 e. The maximum absolute atomic E-state index is 5.70. The smallest absolute Gasteiger partial charge is 0.213 e. The van der Waals surface area contributed by atoms with E-state index >= 15 is 0 Å². The molecule has 1 aliphatic carbocycles. The fourth-order valence-corrected chi connectivity index (χ4v) is 3.76. The molecule has 6 heteroatoms. The third kappa shape index (κ3) is 4.29. The van der Waals surface area contributed by atoms with Crippen LogP contribution in [0.15, 0.2) is 23.3 Å². The van der Waals surface area contributed by atoms with Crippen LogP contribution in [0, 0.1) is 11.3 Å². The van der Waals surface area contributed by atoms with Gasteiger partial charge in [-0.2, -0.15) is 0 Å². The van der Waals surface area contributed by atoms with E-state index in [1.54, 1.807) is 0 Å². The first-order valence-electron chi connectivity index (χ1n) is 9.95. The largest absolute Gasteiger partial charge is 0.477 e. The lowest BCUT2D eigenvalue weighted by Gasteiger charge is -2.25. The summed E-state index contributed by atoms with van der Waals surface area (Å²) in [5.41, 5.74) is 1.45. The molecule has 3 fully saturated rings. The molecule has 1 aromatic rings. The fourth-order valence-electron chi connectivity index (χ4n) is 3.76. The third-order valence-corrected chi connectivity index (χ3v) is 5.63. The first kappa shape index (κ1) is 17.6. The number of hydrogen-bond acceptors (Lipinski definition) is 4. The minimum atomic E-state index is 0.346. The summed E-state index contributed by atoms with van der Waals surface area (Å²) >= 11 is 0. The van der Waals surface area contributed by atoms with E-state index in [1.807, 2.05) is 12.3 Å². The van der Waals surface area contributed by atoms with E-state index in [2.05, 4.69) is 28.2 Å². The van der Waals surface area contributed by atoms with Crippen LogP contribution in [0.4, 0.5) is 0 Å². The number of nitrogens with one attached hydrogen (secondary N) is 1. The molecule has 6 nitrogen and oxygen atoms in total. The molecule has 0 amide bonds. The van der Waals surface area contributed by atoms with Gasteiger partial charge in [-0.25, -0.2) is 9.98 Å². The molecule has 4 rings (SSSR count). The Morgan fingerprint density at radius 2 is 2.35 bits per heavy atom. The van der Waals surface area contributed by atoms with Crippen LogP contribution in [0.3, 0.4) is 0 Å². The first-order valence-corrected chi connectivity index (χ1v) is 9.95. The third-order valence-electron chi connectivity index (χ3n) is 5.63. The number of rotatable bonds is 6. The SMILES string of the molecule is CCNC(=NCc1ccc(OCC2CC2)nc1)N1CCC2(CCOC2)C1. The molecule has 26 heavy (non-hydrogen) atoms. The van der Waals surface area contributed by atoms with Crippen molar-refractivity contribution in [1.29, 1.82) is 0 Å². The van der Waals surface area contributed by atoms with Gasteiger partial charge in [0.05, 0.1) is 19.8 Å². The van der Waals surface area contributed by atoms with E-state index in [9.17, 15) is 0 Å². The minimum absolute atomic E-state index is 0.346. The van der Waals surface area contributed by atoms with E-state index < -0.39 is 0 Å². The van der Waals surface area contributed by atoms with E-state index in [-0.39, 0.29) is 0 Å². The molecule has 1 spiro atoms. The second-order valence-electron chi connectivity index (χ2n) is 7.90. The van der Waals surface area contributed by atoms with Gasteiger partial charge in [0.2, 0.25) is 5.88 Å². The van der Waals surface area contributed by atoms with Gasteiger partial charge in [0, 0.05) is 43.9 Å². The maximum atomic E-state index is 5.70. The highest BCUT2D eigenvalue weighted by molar-refractivity contribution is 5.80. The number of aliphatic imine (C=N–C) groups is 1. The summed E-state index contributed by atoms with van der Waals surface area (Å²) in [6.07, 6.45) is 6.85. The summed E-state index contributed by atoms with van der Waals surface area (Å²) in [4.78, 5) is 11.6. The molecule has 1 N–H and O–H groups in total. The molecule has 0 bridgehead atoms. The Hall–Kier alpha value is -1.82. The molecule has 1 unspecified atom stereocenters. The van der Waals surface area contributed by atoms with Crippen molar-refractivity contribution < 1.29 is 9.47 Å². The monoisotopic (exact) mass is 358 g/mol. The van der Waals surface area contributed by atoms with Crippen molar-refractivity contribution in [3.05, 3.63) is 23.9 Å². The average molecular weight is 358 g/mol. The summed E-state index contributed by atoms with van der Waals surface area (Å²) in [7, 11) is 0. The van der Waals surface area contributed by atoms with Gasteiger partial charge in [0.1, 0.15) is 0 Å². The predicted molar refractivity (Wildman–Crippen MR) is 101 cm³/mol. The van der Waals surface area contributed by atoms with Crippen LogP contribution in [-0.4, -0.2) is 55.3 Å². The lowest BCUT2D eigenvalue weighted by molar-refractivity contribution is 0.156. The van der Waals surface area contributed by atoms with E-state index in [0.717, 1.165) is 62.8 Å². The van der Waals surface area contributed by atoms with Gasteiger partial charge >= 0.3 is 0 Å². The highest BCUT2D eigenvalue weighted by Gasteiger charge is 2.42. The molecule has 0 aromatic carbocycles. The lowest BCUT2D eigenvalue weighted by Crippen LogP contribution is -2.41. The van der Waals surface area contributed by atoms with Crippen LogP contribution in [0.5, 0.6) is 5.88 Å². The van der Waals surface area contributed by atoms with Gasteiger partial charge in [0.15, 0.2) is 5.96 Å². The zero-order chi connectivity index (χ0) is 17.8. The lowest BCUT2D eigenvalue weighted by atomic mass is 9.87. The quantitative estimate of drug-likeness (QED) is 0.625. The fraction of sp³-hybridized carbons (Fsp3) is 0.700. The zero-order valence-electron chi connectivity index (χ0n) is 15.7. The van der Waals surface area contributed by atoms with E-state index in [0.29, 0.717) is 12.0 Å². The molecule has 1 aromatic heterocycles. The standard InChI is InChI=1S/C20H30N4O2/c1-2-21-19(24-9-7-20(14-24)8-10-25-15-20)23-12-17-5-6-18(22-11-17)26-13-16-3-4-16/h5-6,11,16H,2-4,7-10,12-15H2,1H3,(H,21,23). The number of likely N-dealkylation sites (tertiary alicyclic amines) is 1. The Kier molecular flexibility index (Phi) is 5.29. The number of nitrogens with zero attached hydrogens (tertiary/aromatic N) is 3. The normalized spacial score (nSPS) is 25.9. The Labute approximate surface area is 156 Å². The van der Waals surface area contributed by atoms with Crippen LogP contribution in [-0.2, 0) is 11.3 Å². The van der Waals surface area contributed by atoms with E-state index in [1.165, 1.54) is 25.7 Å². The van der Waals surface area contributed by atoms with Gasteiger partial charge in [-0.05, 0) is 44.1 Å².